The summed E-state index contributed by atoms with van der Waals surface area (Å²) < 4.78 is 48.3. The molecule has 0 aliphatic rings. The standard InChI is InChI=1S/C20H20F3IN2O3/c1-2-28-10-11-29-26-20(27)14-6-7-15(21)18(23)19(14)25-17-8-5-13(4-3-9-24)12-16(17)22/h2,5-8,12,25H,1,3-4,9-11H2,(H,26,27). The molecule has 2 aromatic rings. The normalized spacial score (nSPS) is 10.5. The van der Waals surface area contributed by atoms with E-state index in [4.69, 9.17) is 9.57 Å². The highest BCUT2D eigenvalue weighted by Gasteiger charge is 2.20. The van der Waals surface area contributed by atoms with E-state index < -0.39 is 29.0 Å². The minimum atomic E-state index is -1.30. The maximum absolute atomic E-state index is 14.4. The molecule has 5 nitrogen and oxygen atoms in total. The number of alkyl halides is 1. The molecule has 29 heavy (non-hydrogen) atoms. The summed E-state index contributed by atoms with van der Waals surface area (Å²) in [4.78, 5) is 17.2. The van der Waals surface area contributed by atoms with E-state index in [2.05, 4.69) is 40.0 Å². The predicted octanol–water partition coefficient (Wildman–Crippen LogP) is 5.04. The molecule has 0 aliphatic heterocycles. The summed E-state index contributed by atoms with van der Waals surface area (Å²) in [6.07, 6.45) is 2.81. The quantitative estimate of drug-likeness (QED) is 0.143. The fourth-order valence-electron chi connectivity index (χ4n) is 2.43. The Morgan fingerprint density at radius 1 is 1.14 bits per heavy atom. The van der Waals surface area contributed by atoms with E-state index in [-0.39, 0.29) is 24.5 Å². The molecule has 0 heterocycles. The van der Waals surface area contributed by atoms with E-state index in [0.717, 1.165) is 28.5 Å². The summed E-state index contributed by atoms with van der Waals surface area (Å²) in [5.74, 6) is -3.95. The van der Waals surface area contributed by atoms with E-state index in [1.165, 1.54) is 18.4 Å². The third-order valence-corrected chi connectivity index (χ3v) is 4.58. The number of benzene rings is 2. The first-order valence-electron chi connectivity index (χ1n) is 8.72. The molecule has 0 aromatic heterocycles. The minimum absolute atomic E-state index is 0.0114. The first-order valence-corrected chi connectivity index (χ1v) is 10.2. The van der Waals surface area contributed by atoms with Crippen molar-refractivity contribution in [3.8, 4) is 0 Å². The largest absolute Gasteiger partial charge is 0.499 e. The van der Waals surface area contributed by atoms with Crippen molar-refractivity contribution in [2.45, 2.75) is 12.8 Å². The topological polar surface area (TPSA) is 59.6 Å². The number of nitrogens with one attached hydrogen (secondary N) is 2. The Morgan fingerprint density at radius 2 is 1.93 bits per heavy atom. The zero-order valence-corrected chi connectivity index (χ0v) is 17.6. The lowest BCUT2D eigenvalue weighted by atomic mass is 10.1. The average molecular weight is 520 g/mol. The lowest BCUT2D eigenvalue weighted by Crippen LogP contribution is -2.26. The lowest BCUT2D eigenvalue weighted by Gasteiger charge is -2.15. The molecule has 2 rings (SSSR count). The van der Waals surface area contributed by atoms with Crippen LogP contribution in [0.1, 0.15) is 22.3 Å². The molecule has 0 radical (unpaired) electrons. The summed E-state index contributed by atoms with van der Waals surface area (Å²) in [5.41, 5.74) is 2.07. The number of anilines is 2. The van der Waals surface area contributed by atoms with E-state index in [1.807, 2.05) is 0 Å². The molecule has 0 bridgehead atoms. The van der Waals surface area contributed by atoms with Crippen LogP contribution in [0, 0.1) is 17.5 Å². The van der Waals surface area contributed by atoms with Crippen LogP contribution in [-0.2, 0) is 16.0 Å². The van der Waals surface area contributed by atoms with Crippen LogP contribution in [0.5, 0.6) is 0 Å². The van der Waals surface area contributed by atoms with Crippen molar-refractivity contribution in [1.29, 1.82) is 0 Å². The van der Waals surface area contributed by atoms with Crippen LogP contribution in [0.2, 0.25) is 0 Å². The molecule has 0 fully saturated rings. The second-order valence-corrected chi connectivity index (χ2v) is 6.91. The van der Waals surface area contributed by atoms with Gasteiger partial charge < -0.3 is 10.1 Å². The maximum Gasteiger partial charge on any atom is 0.277 e. The zero-order valence-electron chi connectivity index (χ0n) is 15.4. The molecule has 0 spiro atoms. The minimum Gasteiger partial charge on any atom is -0.499 e. The summed E-state index contributed by atoms with van der Waals surface area (Å²) in [5, 5.41) is 2.48. The van der Waals surface area contributed by atoms with Crippen LogP contribution in [0.25, 0.3) is 0 Å². The second-order valence-electron chi connectivity index (χ2n) is 5.83. The number of hydrogen-bond acceptors (Lipinski definition) is 4. The van der Waals surface area contributed by atoms with Gasteiger partial charge in [0, 0.05) is 0 Å². The van der Waals surface area contributed by atoms with E-state index in [9.17, 15) is 18.0 Å². The van der Waals surface area contributed by atoms with Crippen molar-refractivity contribution in [3.05, 3.63) is 71.8 Å². The Labute approximate surface area is 180 Å². The average Bonchev–Trinajstić information content (AvgIpc) is 2.71. The van der Waals surface area contributed by atoms with Gasteiger partial charge in [-0.25, -0.2) is 18.7 Å². The molecule has 0 unspecified atom stereocenters. The van der Waals surface area contributed by atoms with Gasteiger partial charge in [0.2, 0.25) is 0 Å². The summed E-state index contributed by atoms with van der Waals surface area (Å²) in [6, 6.07) is 6.32. The molecule has 0 saturated heterocycles. The molecular weight excluding hydrogens is 500 g/mol. The highest BCUT2D eigenvalue weighted by molar-refractivity contribution is 14.1. The van der Waals surface area contributed by atoms with Gasteiger partial charge in [-0.2, -0.15) is 0 Å². The van der Waals surface area contributed by atoms with Crippen molar-refractivity contribution in [3.63, 3.8) is 0 Å². The van der Waals surface area contributed by atoms with Crippen molar-refractivity contribution >= 4 is 39.9 Å². The van der Waals surface area contributed by atoms with Gasteiger partial charge in [0.25, 0.3) is 5.91 Å². The third-order valence-electron chi connectivity index (χ3n) is 3.82. The molecule has 1 amide bonds. The van der Waals surface area contributed by atoms with E-state index >= 15 is 0 Å². The smallest absolute Gasteiger partial charge is 0.277 e. The van der Waals surface area contributed by atoms with Gasteiger partial charge >= 0.3 is 0 Å². The Bertz CT molecular complexity index is 865. The Hall–Kier alpha value is -2.27. The highest BCUT2D eigenvalue weighted by Crippen LogP contribution is 2.28. The summed E-state index contributed by atoms with van der Waals surface area (Å²) >= 11 is 2.23. The van der Waals surface area contributed by atoms with Crippen molar-refractivity contribution in [1.82, 2.24) is 5.48 Å². The van der Waals surface area contributed by atoms with Gasteiger partial charge in [-0.3, -0.25) is 9.63 Å². The van der Waals surface area contributed by atoms with Crippen molar-refractivity contribution < 1.29 is 27.5 Å². The van der Waals surface area contributed by atoms with Crippen LogP contribution >= 0.6 is 22.6 Å². The van der Waals surface area contributed by atoms with Gasteiger partial charge in [-0.1, -0.05) is 35.2 Å². The molecule has 2 N–H and O–H groups in total. The molecule has 0 aliphatic carbocycles. The van der Waals surface area contributed by atoms with E-state index in [0.29, 0.717) is 6.42 Å². The Morgan fingerprint density at radius 3 is 2.62 bits per heavy atom. The fraction of sp³-hybridized carbons (Fsp3) is 0.250. The fourth-order valence-corrected chi connectivity index (χ4v) is 2.81. The maximum atomic E-state index is 14.4. The number of carbonyl (C=O) groups excluding carboxylic acids is 1. The van der Waals surface area contributed by atoms with Gasteiger partial charge in [0.1, 0.15) is 19.0 Å². The zero-order chi connectivity index (χ0) is 21.2. The number of aryl methyl sites for hydroxylation is 1. The third kappa shape index (κ3) is 6.64. The molecule has 0 atom stereocenters. The van der Waals surface area contributed by atoms with Crippen LogP contribution in [0.3, 0.4) is 0 Å². The predicted molar refractivity (Wildman–Crippen MR) is 113 cm³/mol. The van der Waals surface area contributed by atoms with Gasteiger partial charge in [-0.05, 0) is 47.1 Å². The first-order chi connectivity index (χ1) is 14.0. The SMILES string of the molecule is C=COCCONC(=O)c1ccc(F)c(F)c1Nc1ccc(CCCI)cc1F. The number of halogens is 4. The number of hydrogen-bond donors (Lipinski definition) is 2. The molecular formula is C20H20F3IN2O3. The van der Waals surface area contributed by atoms with Gasteiger partial charge in [0.15, 0.2) is 11.6 Å². The Balaban J connectivity index is 2.20. The molecule has 156 valence electrons. The Kier molecular flexibility index (Phi) is 9.26. The van der Waals surface area contributed by atoms with Gasteiger partial charge in [-0.15, -0.1) is 0 Å². The summed E-state index contributed by atoms with van der Waals surface area (Å²) in [7, 11) is 0. The second kappa shape index (κ2) is 11.7. The van der Waals surface area contributed by atoms with Crippen LogP contribution in [0.15, 0.2) is 43.2 Å². The van der Waals surface area contributed by atoms with Crippen molar-refractivity contribution in [2.24, 2.45) is 0 Å². The lowest BCUT2D eigenvalue weighted by molar-refractivity contribution is 0.0145. The number of rotatable bonds is 11. The highest BCUT2D eigenvalue weighted by atomic mass is 127. The van der Waals surface area contributed by atoms with Gasteiger partial charge in [0.05, 0.1) is 23.2 Å². The van der Waals surface area contributed by atoms with Crippen LogP contribution in [-0.4, -0.2) is 23.5 Å². The molecule has 9 heteroatoms. The number of carbonyl (C=O) groups is 1. The van der Waals surface area contributed by atoms with E-state index in [1.54, 1.807) is 6.07 Å². The summed E-state index contributed by atoms with van der Waals surface area (Å²) in [6.45, 7) is 3.51. The number of ether oxygens (including phenoxy) is 1. The molecule has 2 aromatic carbocycles. The molecule has 0 saturated carbocycles. The number of hydroxylamine groups is 1. The monoisotopic (exact) mass is 520 g/mol. The van der Waals surface area contributed by atoms with Crippen LogP contribution < -0.4 is 10.8 Å². The first kappa shape index (κ1) is 23.0. The van der Waals surface area contributed by atoms with Crippen molar-refractivity contribution in [2.75, 3.05) is 23.0 Å². The van der Waals surface area contributed by atoms with Crippen LogP contribution in [0.4, 0.5) is 24.5 Å². The number of amides is 1.